The van der Waals surface area contributed by atoms with Gasteiger partial charge in [0.2, 0.25) is 5.91 Å². The lowest BCUT2D eigenvalue weighted by atomic mass is 9.97. The fourth-order valence-corrected chi connectivity index (χ4v) is 2.68. The number of hydrogen-bond acceptors (Lipinski definition) is 4. The first-order valence-electron chi connectivity index (χ1n) is 7.26. The van der Waals surface area contributed by atoms with Crippen molar-refractivity contribution in [2.24, 2.45) is 5.92 Å². The van der Waals surface area contributed by atoms with Crippen molar-refractivity contribution in [2.75, 3.05) is 27.3 Å². The van der Waals surface area contributed by atoms with E-state index in [0.29, 0.717) is 24.5 Å². The molecular formula is C16H21NO5. The minimum absolute atomic E-state index is 0.0746. The van der Waals surface area contributed by atoms with Gasteiger partial charge in [-0.15, -0.1) is 0 Å². The van der Waals surface area contributed by atoms with Crippen molar-refractivity contribution < 1.29 is 24.2 Å². The largest absolute Gasteiger partial charge is 0.497 e. The summed E-state index contributed by atoms with van der Waals surface area (Å²) in [5, 5.41) is 9.10. The van der Waals surface area contributed by atoms with E-state index >= 15 is 0 Å². The Bertz CT molecular complexity index is 557. The van der Waals surface area contributed by atoms with Crippen molar-refractivity contribution in [1.82, 2.24) is 4.90 Å². The minimum atomic E-state index is -0.834. The Morgan fingerprint density at radius 3 is 2.73 bits per heavy atom. The molecule has 22 heavy (non-hydrogen) atoms. The van der Waals surface area contributed by atoms with Gasteiger partial charge in [-0.2, -0.15) is 0 Å². The van der Waals surface area contributed by atoms with Crippen LogP contribution in [-0.4, -0.2) is 49.2 Å². The molecule has 0 bridgehead atoms. The monoisotopic (exact) mass is 307 g/mol. The van der Waals surface area contributed by atoms with E-state index in [4.69, 9.17) is 14.6 Å². The lowest BCUT2D eigenvalue weighted by molar-refractivity contribution is -0.145. The fourth-order valence-electron chi connectivity index (χ4n) is 2.68. The highest BCUT2D eigenvalue weighted by molar-refractivity contribution is 5.80. The predicted octanol–water partition coefficient (Wildman–Crippen LogP) is 1.57. The standard InChI is InChI=1S/C16H21NO5/c1-21-13-6-5-11(14(9-13)22-2)8-15(18)17-7-3-4-12(10-17)16(19)20/h5-6,9,12H,3-4,7-8,10H2,1-2H3,(H,19,20)/t12-/m0/s1. The van der Waals surface area contributed by atoms with Gasteiger partial charge in [-0.1, -0.05) is 6.07 Å². The van der Waals surface area contributed by atoms with Crippen molar-refractivity contribution >= 4 is 11.9 Å². The Balaban J connectivity index is 2.06. The zero-order valence-corrected chi connectivity index (χ0v) is 12.9. The summed E-state index contributed by atoms with van der Waals surface area (Å²) < 4.78 is 10.4. The number of likely N-dealkylation sites (tertiary alicyclic amines) is 1. The molecule has 1 amide bonds. The summed E-state index contributed by atoms with van der Waals surface area (Å²) in [6.45, 7) is 0.897. The second kappa shape index (κ2) is 7.15. The molecule has 1 aromatic rings. The van der Waals surface area contributed by atoms with E-state index in [-0.39, 0.29) is 18.9 Å². The van der Waals surface area contributed by atoms with E-state index in [1.807, 2.05) is 0 Å². The van der Waals surface area contributed by atoms with Crippen LogP contribution in [0.2, 0.25) is 0 Å². The van der Waals surface area contributed by atoms with Crippen molar-refractivity contribution in [3.63, 3.8) is 0 Å². The van der Waals surface area contributed by atoms with Gasteiger partial charge >= 0.3 is 5.97 Å². The number of piperidine rings is 1. The van der Waals surface area contributed by atoms with Gasteiger partial charge in [0.15, 0.2) is 0 Å². The predicted molar refractivity (Wildman–Crippen MR) is 80.2 cm³/mol. The first-order valence-corrected chi connectivity index (χ1v) is 7.26. The van der Waals surface area contributed by atoms with Crippen molar-refractivity contribution in [1.29, 1.82) is 0 Å². The number of hydrogen-bond donors (Lipinski definition) is 1. The van der Waals surface area contributed by atoms with Gasteiger partial charge < -0.3 is 19.5 Å². The Kier molecular flexibility index (Phi) is 5.25. The second-order valence-corrected chi connectivity index (χ2v) is 5.37. The van der Waals surface area contributed by atoms with Gasteiger partial charge in [0.1, 0.15) is 11.5 Å². The molecule has 0 radical (unpaired) electrons. The van der Waals surface area contributed by atoms with Gasteiger partial charge in [0, 0.05) is 24.7 Å². The van der Waals surface area contributed by atoms with Gasteiger partial charge in [-0.3, -0.25) is 9.59 Å². The van der Waals surface area contributed by atoms with Gasteiger partial charge in [0.05, 0.1) is 26.6 Å². The molecule has 0 unspecified atom stereocenters. The molecule has 1 heterocycles. The average molecular weight is 307 g/mol. The third-order valence-electron chi connectivity index (χ3n) is 3.96. The van der Waals surface area contributed by atoms with Crippen LogP contribution in [-0.2, 0) is 16.0 Å². The first-order chi connectivity index (χ1) is 10.5. The van der Waals surface area contributed by atoms with Crippen LogP contribution >= 0.6 is 0 Å². The second-order valence-electron chi connectivity index (χ2n) is 5.37. The maximum absolute atomic E-state index is 12.4. The molecule has 6 heteroatoms. The molecule has 1 aliphatic rings. The molecular weight excluding hydrogens is 286 g/mol. The summed E-state index contributed by atoms with van der Waals surface area (Å²) in [5.74, 6) is -0.110. The highest BCUT2D eigenvalue weighted by Gasteiger charge is 2.28. The van der Waals surface area contributed by atoms with Crippen LogP contribution < -0.4 is 9.47 Å². The third-order valence-corrected chi connectivity index (χ3v) is 3.96. The molecule has 0 saturated carbocycles. The number of amides is 1. The SMILES string of the molecule is COc1ccc(CC(=O)N2CCC[C@H](C(=O)O)C2)c(OC)c1. The van der Waals surface area contributed by atoms with Crippen molar-refractivity contribution in [2.45, 2.75) is 19.3 Å². The number of carbonyl (C=O) groups excluding carboxylic acids is 1. The summed E-state index contributed by atoms with van der Waals surface area (Å²) in [5.41, 5.74) is 0.769. The van der Waals surface area contributed by atoms with Gasteiger partial charge in [-0.25, -0.2) is 0 Å². The molecule has 0 aromatic heterocycles. The van der Waals surface area contributed by atoms with Crippen molar-refractivity contribution in [3.8, 4) is 11.5 Å². The smallest absolute Gasteiger partial charge is 0.308 e. The fraction of sp³-hybridized carbons (Fsp3) is 0.500. The van der Waals surface area contributed by atoms with Gasteiger partial charge in [-0.05, 0) is 18.9 Å². The van der Waals surface area contributed by atoms with Crippen LogP contribution in [0.3, 0.4) is 0 Å². The van der Waals surface area contributed by atoms with E-state index in [2.05, 4.69) is 0 Å². The first kappa shape index (κ1) is 16.1. The van der Waals surface area contributed by atoms with Crippen LogP contribution in [0.4, 0.5) is 0 Å². The molecule has 120 valence electrons. The summed E-state index contributed by atoms with van der Waals surface area (Å²) in [4.78, 5) is 25.1. The molecule has 1 aliphatic heterocycles. The van der Waals surface area contributed by atoms with Crippen LogP contribution in [0, 0.1) is 5.92 Å². The zero-order valence-electron chi connectivity index (χ0n) is 12.9. The number of benzene rings is 1. The number of carboxylic acids is 1. The molecule has 0 spiro atoms. The molecule has 1 saturated heterocycles. The number of methoxy groups -OCH3 is 2. The topological polar surface area (TPSA) is 76.1 Å². The average Bonchev–Trinajstić information content (AvgIpc) is 2.55. The van der Waals surface area contributed by atoms with Crippen LogP contribution in [0.5, 0.6) is 11.5 Å². The van der Waals surface area contributed by atoms with E-state index < -0.39 is 11.9 Å². The van der Waals surface area contributed by atoms with Crippen molar-refractivity contribution in [3.05, 3.63) is 23.8 Å². The zero-order chi connectivity index (χ0) is 16.1. The van der Waals surface area contributed by atoms with Gasteiger partial charge in [0.25, 0.3) is 0 Å². The van der Waals surface area contributed by atoms with E-state index in [9.17, 15) is 9.59 Å². The summed E-state index contributed by atoms with van der Waals surface area (Å²) in [6, 6.07) is 5.31. The Labute approximate surface area is 129 Å². The number of rotatable bonds is 5. The molecule has 1 aromatic carbocycles. The maximum atomic E-state index is 12.4. The Morgan fingerprint density at radius 1 is 1.32 bits per heavy atom. The normalized spacial score (nSPS) is 17.9. The molecule has 1 atom stereocenters. The summed E-state index contributed by atoms with van der Waals surface area (Å²) in [7, 11) is 3.11. The minimum Gasteiger partial charge on any atom is -0.497 e. The summed E-state index contributed by atoms with van der Waals surface area (Å²) in [6.07, 6.45) is 1.55. The number of ether oxygens (including phenoxy) is 2. The number of aliphatic carboxylic acids is 1. The lowest BCUT2D eigenvalue weighted by Gasteiger charge is -2.31. The lowest BCUT2D eigenvalue weighted by Crippen LogP contribution is -2.43. The van der Waals surface area contributed by atoms with Crippen LogP contribution in [0.15, 0.2) is 18.2 Å². The quantitative estimate of drug-likeness (QED) is 0.893. The highest BCUT2D eigenvalue weighted by atomic mass is 16.5. The maximum Gasteiger partial charge on any atom is 0.308 e. The summed E-state index contributed by atoms with van der Waals surface area (Å²) >= 11 is 0. The number of nitrogens with zero attached hydrogens (tertiary/aromatic N) is 1. The Hall–Kier alpha value is -2.24. The molecule has 1 fully saturated rings. The Morgan fingerprint density at radius 2 is 2.09 bits per heavy atom. The molecule has 1 N–H and O–H groups in total. The number of carbonyl (C=O) groups is 2. The highest BCUT2D eigenvalue weighted by Crippen LogP contribution is 2.26. The van der Waals surface area contributed by atoms with E-state index in [1.54, 1.807) is 37.3 Å². The molecule has 0 aliphatic carbocycles. The van der Waals surface area contributed by atoms with Crippen LogP contribution in [0.1, 0.15) is 18.4 Å². The van der Waals surface area contributed by atoms with E-state index in [0.717, 1.165) is 12.0 Å². The number of carboxylic acid groups (broad SMARTS) is 1. The molecule has 2 rings (SSSR count). The van der Waals surface area contributed by atoms with E-state index in [1.165, 1.54) is 0 Å². The molecule has 6 nitrogen and oxygen atoms in total. The third kappa shape index (κ3) is 3.69. The van der Waals surface area contributed by atoms with Crippen LogP contribution in [0.25, 0.3) is 0 Å².